The zero-order valence-electron chi connectivity index (χ0n) is 11.9. The smallest absolute Gasteiger partial charge is 0.257 e. The van der Waals surface area contributed by atoms with Gasteiger partial charge < -0.3 is 20.7 Å². The van der Waals surface area contributed by atoms with E-state index >= 15 is 0 Å². The monoisotopic (exact) mass is 313 g/mol. The van der Waals surface area contributed by atoms with Crippen LogP contribution in [-0.2, 0) is 4.79 Å². The summed E-state index contributed by atoms with van der Waals surface area (Å²) in [6.45, 7) is 3.89. The predicted octanol–water partition coefficient (Wildman–Crippen LogP) is 0.406. The first-order chi connectivity index (χ1) is 9.58. The van der Waals surface area contributed by atoms with Crippen LogP contribution < -0.4 is 15.8 Å². The van der Waals surface area contributed by atoms with Crippen LogP contribution >= 0.6 is 12.4 Å². The molecule has 1 aliphatic heterocycles. The molecule has 0 saturated carbocycles. The number of amides is 2. The molecule has 3 N–H and O–H groups in total. The van der Waals surface area contributed by atoms with E-state index in [1.165, 1.54) is 0 Å². The number of para-hydroxylation sites is 1. The number of hydrogen-bond donors (Lipinski definition) is 2. The summed E-state index contributed by atoms with van der Waals surface area (Å²) in [6, 6.07) is 7.17. The molecule has 0 bridgehead atoms. The van der Waals surface area contributed by atoms with Gasteiger partial charge in [-0.15, -0.1) is 12.4 Å². The van der Waals surface area contributed by atoms with Crippen LogP contribution in [0.3, 0.4) is 0 Å². The summed E-state index contributed by atoms with van der Waals surface area (Å²) in [6.07, 6.45) is 0. The number of carbonyl (C=O) groups is 2. The summed E-state index contributed by atoms with van der Waals surface area (Å²) < 4.78 is 5.30. The predicted molar refractivity (Wildman–Crippen MR) is 81.7 cm³/mol. The van der Waals surface area contributed by atoms with E-state index in [1.807, 2.05) is 6.92 Å². The first-order valence-electron chi connectivity index (χ1n) is 6.60. The van der Waals surface area contributed by atoms with Crippen LogP contribution in [0, 0.1) is 0 Å². The van der Waals surface area contributed by atoms with E-state index in [4.69, 9.17) is 10.5 Å². The van der Waals surface area contributed by atoms with Crippen molar-refractivity contribution in [3.05, 3.63) is 29.8 Å². The molecule has 1 unspecified atom stereocenters. The second kappa shape index (κ2) is 7.85. The third kappa shape index (κ3) is 4.61. The Bertz CT molecular complexity index is 510. The number of hydrogen-bond acceptors (Lipinski definition) is 4. The number of nitrogens with two attached hydrogens (primary N) is 1. The largest absolute Gasteiger partial charge is 0.483 e. The summed E-state index contributed by atoms with van der Waals surface area (Å²) >= 11 is 0. The molecular formula is C14H20ClN3O3. The Morgan fingerprint density at radius 3 is 2.81 bits per heavy atom. The standard InChI is InChI=1S/C14H19N3O3.ClH/c1-10-8-17(7-6-16-10)14(19)11-4-2-3-5-12(11)20-9-13(15)18;/h2-5,10,16H,6-9H2,1H3,(H2,15,18);1H. The molecule has 116 valence electrons. The number of primary amides is 1. The van der Waals surface area contributed by atoms with E-state index in [2.05, 4.69) is 5.32 Å². The minimum Gasteiger partial charge on any atom is -0.483 e. The van der Waals surface area contributed by atoms with Gasteiger partial charge in [-0.25, -0.2) is 0 Å². The van der Waals surface area contributed by atoms with E-state index in [0.29, 0.717) is 24.4 Å². The van der Waals surface area contributed by atoms with Crippen LogP contribution in [0.15, 0.2) is 24.3 Å². The molecule has 1 saturated heterocycles. The maximum absolute atomic E-state index is 12.5. The van der Waals surface area contributed by atoms with Crippen LogP contribution in [0.1, 0.15) is 17.3 Å². The SMILES string of the molecule is CC1CN(C(=O)c2ccccc2OCC(N)=O)CCN1.Cl. The van der Waals surface area contributed by atoms with E-state index in [9.17, 15) is 9.59 Å². The first-order valence-corrected chi connectivity index (χ1v) is 6.60. The van der Waals surface area contributed by atoms with Crippen molar-refractivity contribution in [3.8, 4) is 5.75 Å². The Morgan fingerprint density at radius 1 is 1.43 bits per heavy atom. The fourth-order valence-corrected chi connectivity index (χ4v) is 2.21. The molecule has 1 atom stereocenters. The molecular weight excluding hydrogens is 294 g/mol. The second-order valence-corrected chi connectivity index (χ2v) is 4.86. The summed E-state index contributed by atoms with van der Waals surface area (Å²) in [4.78, 5) is 25.1. The van der Waals surface area contributed by atoms with Crippen LogP contribution in [0.4, 0.5) is 0 Å². The lowest BCUT2D eigenvalue weighted by molar-refractivity contribution is -0.119. The highest BCUT2D eigenvalue weighted by atomic mass is 35.5. The lowest BCUT2D eigenvalue weighted by atomic mass is 10.1. The molecule has 1 aromatic rings. The number of halogens is 1. The average Bonchev–Trinajstić information content (AvgIpc) is 2.44. The molecule has 0 aromatic heterocycles. The van der Waals surface area contributed by atoms with Crippen LogP contribution in [0.25, 0.3) is 0 Å². The van der Waals surface area contributed by atoms with Gasteiger partial charge in [0.25, 0.3) is 11.8 Å². The maximum atomic E-state index is 12.5. The highest BCUT2D eigenvalue weighted by Crippen LogP contribution is 2.20. The first kappa shape index (κ1) is 17.3. The van der Waals surface area contributed by atoms with Crippen molar-refractivity contribution in [2.24, 2.45) is 5.73 Å². The van der Waals surface area contributed by atoms with Crippen LogP contribution in [0.5, 0.6) is 5.75 Å². The van der Waals surface area contributed by atoms with Crippen LogP contribution in [0.2, 0.25) is 0 Å². The fraction of sp³-hybridized carbons (Fsp3) is 0.429. The molecule has 1 aliphatic rings. The Hall–Kier alpha value is -1.79. The molecule has 1 aromatic carbocycles. The van der Waals surface area contributed by atoms with Crippen molar-refractivity contribution in [1.82, 2.24) is 10.2 Å². The van der Waals surface area contributed by atoms with Crippen molar-refractivity contribution in [2.75, 3.05) is 26.2 Å². The van der Waals surface area contributed by atoms with Gasteiger partial charge in [0.15, 0.2) is 6.61 Å². The summed E-state index contributed by atoms with van der Waals surface area (Å²) in [5, 5.41) is 3.29. The van der Waals surface area contributed by atoms with Crippen molar-refractivity contribution in [3.63, 3.8) is 0 Å². The number of rotatable bonds is 4. The van der Waals surface area contributed by atoms with Gasteiger partial charge >= 0.3 is 0 Å². The lowest BCUT2D eigenvalue weighted by Crippen LogP contribution is -2.51. The Morgan fingerprint density at radius 2 is 2.14 bits per heavy atom. The van der Waals surface area contributed by atoms with E-state index in [1.54, 1.807) is 29.2 Å². The van der Waals surface area contributed by atoms with Gasteiger partial charge in [-0.3, -0.25) is 9.59 Å². The van der Waals surface area contributed by atoms with E-state index in [-0.39, 0.29) is 31.0 Å². The Kier molecular flexibility index (Phi) is 6.45. The summed E-state index contributed by atoms with van der Waals surface area (Å²) in [5.41, 5.74) is 5.52. The molecule has 7 heteroatoms. The fourth-order valence-electron chi connectivity index (χ4n) is 2.21. The van der Waals surface area contributed by atoms with Gasteiger partial charge in [-0.2, -0.15) is 0 Å². The third-order valence-corrected chi connectivity index (χ3v) is 3.14. The molecule has 0 aliphatic carbocycles. The van der Waals surface area contributed by atoms with Gasteiger partial charge in [0.2, 0.25) is 0 Å². The highest BCUT2D eigenvalue weighted by Gasteiger charge is 2.23. The van der Waals surface area contributed by atoms with Crippen molar-refractivity contribution >= 4 is 24.2 Å². The zero-order chi connectivity index (χ0) is 14.5. The molecule has 1 heterocycles. The van der Waals surface area contributed by atoms with E-state index in [0.717, 1.165) is 6.54 Å². The van der Waals surface area contributed by atoms with Crippen LogP contribution in [-0.4, -0.2) is 49.0 Å². The maximum Gasteiger partial charge on any atom is 0.257 e. The molecule has 1 fully saturated rings. The highest BCUT2D eigenvalue weighted by molar-refractivity contribution is 5.97. The van der Waals surface area contributed by atoms with Crippen molar-refractivity contribution in [1.29, 1.82) is 0 Å². The van der Waals surface area contributed by atoms with Crippen molar-refractivity contribution < 1.29 is 14.3 Å². The lowest BCUT2D eigenvalue weighted by Gasteiger charge is -2.32. The Labute approximate surface area is 130 Å². The van der Waals surface area contributed by atoms with E-state index < -0.39 is 5.91 Å². The number of benzene rings is 1. The topological polar surface area (TPSA) is 84.7 Å². The zero-order valence-corrected chi connectivity index (χ0v) is 12.7. The minimum absolute atomic E-state index is 0. The molecule has 2 rings (SSSR count). The molecule has 2 amide bonds. The van der Waals surface area contributed by atoms with Gasteiger partial charge in [0.05, 0.1) is 5.56 Å². The molecule has 6 nitrogen and oxygen atoms in total. The van der Waals surface area contributed by atoms with Gasteiger partial charge in [-0.1, -0.05) is 12.1 Å². The number of carbonyl (C=O) groups excluding carboxylic acids is 2. The molecule has 21 heavy (non-hydrogen) atoms. The molecule has 0 radical (unpaired) electrons. The number of piperazine rings is 1. The number of nitrogens with one attached hydrogen (secondary N) is 1. The minimum atomic E-state index is -0.567. The van der Waals surface area contributed by atoms with Crippen molar-refractivity contribution in [2.45, 2.75) is 13.0 Å². The summed E-state index contributed by atoms with van der Waals surface area (Å²) in [7, 11) is 0. The quantitative estimate of drug-likeness (QED) is 0.843. The number of nitrogens with zero attached hydrogens (tertiary/aromatic N) is 1. The number of ether oxygens (including phenoxy) is 1. The summed E-state index contributed by atoms with van der Waals surface area (Å²) in [5.74, 6) is -0.260. The average molecular weight is 314 g/mol. The second-order valence-electron chi connectivity index (χ2n) is 4.86. The van der Waals surface area contributed by atoms with Gasteiger partial charge in [0.1, 0.15) is 5.75 Å². The van der Waals surface area contributed by atoms with Gasteiger partial charge in [0, 0.05) is 25.7 Å². The molecule has 0 spiro atoms. The van der Waals surface area contributed by atoms with Gasteiger partial charge in [-0.05, 0) is 19.1 Å². The normalized spacial score (nSPS) is 17.8. The third-order valence-electron chi connectivity index (χ3n) is 3.14. The Balaban J connectivity index is 0.00000220.